The second-order valence-corrected chi connectivity index (χ2v) is 17.6. The molecule has 2 aliphatic rings. The van der Waals surface area contributed by atoms with Gasteiger partial charge in [0.2, 0.25) is 0 Å². The molecule has 12 rings (SSSR count). The van der Waals surface area contributed by atoms with E-state index in [9.17, 15) is 0 Å². The normalized spacial score (nSPS) is 15.7. The molecule has 0 bridgehead atoms. The van der Waals surface area contributed by atoms with Crippen molar-refractivity contribution >= 4 is 64.7 Å². The molecule has 0 radical (unpaired) electrons. The predicted octanol–water partition coefficient (Wildman–Crippen LogP) is 15.4. The lowest BCUT2D eigenvalue weighted by atomic mass is 9.78. The minimum Gasteiger partial charge on any atom is -0.456 e. The maximum Gasteiger partial charge on any atom is 0.164 e. The van der Waals surface area contributed by atoms with Crippen LogP contribution >= 0.6 is 11.3 Å². The minimum atomic E-state index is 0.0305. The molecule has 1 aliphatic heterocycles. The Balaban J connectivity index is 0.880. The number of benzene rings is 7. The summed E-state index contributed by atoms with van der Waals surface area (Å²) in [6.07, 6.45) is 16.6. The molecule has 4 heterocycles. The lowest BCUT2D eigenvalue weighted by Crippen LogP contribution is -2.25. The molecule has 5 nitrogen and oxygen atoms in total. The maximum atomic E-state index is 6.57. The number of hydrogen-bond acceptors (Lipinski definition) is 6. The fourth-order valence-corrected chi connectivity index (χ4v) is 10.5. The fraction of sp³-hybridized carbons (Fsp3) is 0.0508. The van der Waals surface area contributed by atoms with Gasteiger partial charge in [0, 0.05) is 64.7 Å². The van der Waals surface area contributed by atoms with E-state index in [-0.39, 0.29) is 12.0 Å². The monoisotopic (exact) mass is 852 g/mol. The standard InChI is InChI=1S/C59H40N4OS/c1-3-4-7-14-36(2)57-61-58(39-17-10-6-11-18-39)63-59(62-57)40-23-21-37(22-24-40)42-25-28-44-45-29-26-43(35-53(45)65-52(44)34-42)41-27-31-50-48(33-41)55-51(64-50)32-30-47-54(55)46-19-12-13-20-49(46)60-56(47)38-15-8-5-9-16-38/h3-35,46,49H,2H2,1H3/b4-3-,14-7-. The Kier molecular flexibility index (Phi) is 9.46. The Morgan fingerprint density at radius 1 is 0.569 bits per heavy atom. The number of hydrogen-bond donors (Lipinski definition) is 0. The number of fused-ring (bicyclic) bond motifs is 10. The first kappa shape index (κ1) is 38.6. The topological polar surface area (TPSA) is 64.2 Å². The molecule has 3 aromatic heterocycles. The van der Waals surface area contributed by atoms with Gasteiger partial charge in [-0.3, -0.25) is 4.99 Å². The summed E-state index contributed by atoms with van der Waals surface area (Å²) in [5.74, 6) is 1.90. The fourth-order valence-electron chi connectivity index (χ4n) is 9.33. The summed E-state index contributed by atoms with van der Waals surface area (Å²) in [7, 11) is 0. The zero-order valence-electron chi connectivity index (χ0n) is 35.5. The third kappa shape index (κ3) is 6.87. The van der Waals surface area contributed by atoms with Crippen molar-refractivity contribution in [2.24, 2.45) is 4.99 Å². The van der Waals surface area contributed by atoms with E-state index in [4.69, 9.17) is 24.4 Å². The first-order chi connectivity index (χ1) is 32.1. The van der Waals surface area contributed by atoms with Crippen LogP contribution in [0.5, 0.6) is 0 Å². The molecule has 0 N–H and O–H groups in total. The molecule has 10 aromatic rings. The number of thiophene rings is 1. The Hall–Kier alpha value is -8.06. The van der Waals surface area contributed by atoms with Crippen LogP contribution in [0.4, 0.5) is 0 Å². The number of aromatic nitrogens is 3. The van der Waals surface area contributed by atoms with E-state index in [0.717, 1.165) is 61.2 Å². The number of allylic oxidation sites excluding steroid dienone is 7. The average Bonchev–Trinajstić information content (AvgIpc) is 3.94. The van der Waals surface area contributed by atoms with Crippen LogP contribution in [-0.2, 0) is 0 Å². The average molecular weight is 853 g/mol. The second-order valence-electron chi connectivity index (χ2n) is 16.5. The molecular weight excluding hydrogens is 813 g/mol. The highest BCUT2D eigenvalue weighted by Gasteiger charge is 2.33. The first-order valence-corrected chi connectivity index (χ1v) is 22.7. The Morgan fingerprint density at radius 2 is 1.17 bits per heavy atom. The molecule has 2 unspecified atom stereocenters. The molecule has 0 fully saturated rings. The largest absolute Gasteiger partial charge is 0.456 e. The lowest BCUT2D eigenvalue weighted by molar-refractivity contribution is 0.666. The summed E-state index contributed by atoms with van der Waals surface area (Å²) >= 11 is 1.84. The molecule has 0 saturated carbocycles. The molecule has 7 aromatic carbocycles. The lowest BCUT2D eigenvalue weighted by Gasteiger charge is -2.30. The molecule has 0 spiro atoms. The molecular formula is C59H40N4OS. The summed E-state index contributed by atoms with van der Waals surface area (Å²) in [5, 5.41) is 4.83. The van der Waals surface area contributed by atoms with Gasteiger partial charge in [-0.1, -0.05) is 170 Å². The summed E-state index contributed by atoms with van der Waals surface area (Å²) < 4.78 is 9.08. The quantitative estimate of drug-likeness (QED) is 0.143. The molecule has 1 aliphatic carbocycles. The molecule has 0 amide bonds. The van der Waals surface area contributed by atoms with E-state index in [0.29, 0.717) is 17.5 Å². The van der Waals surface area contributed by atoms with Gasteiger partial charge in [-0.2, -0.15) is 0 Å². The smallest absolute Gasteiger partial charge is 0.164 e. The van der Waals surface area contributed by atoms with Crippen LogP contribution in [0.3, 0.4) is 0 Å². The third-order valence-corrected chi connectivity index (χ3v) is 13.6. The molecule has 6 heteroatoms. The van der Waals surface area contributed by atoms with Gasteiger partial charge in [-0.25, -0.2) is 15.0 Å². The Morgan fingerprint density at radius 3 is 1.89 bits per heavy atom. The van der Waals surface area contributed by atoms with Crippen LogP contribution in [0.15, 0.2) is 216 Å². The SMILES string of the molecule is C=C(/C=C\C=C/C)c1nc(-c2ccccc2)nc(-c2ccc(-c3ccc4c(c3)sc3cc(-c5ccc6oc7ccc8c(c7c6c5)C5C=CC=CC5N=C8c5ccccc5)ccc34)cc2)n1. The van der Waals surface area contributed by atoms with Crippen LogP contribution in [0.25, 0.3) is 92.7 Å². The van der Waals surface area contributed by atoms with Crippen molar-refractivity contribution in [3.63, 3.8) is 0 Å². The summed E-state index contributed by atoms with van der Waals surface area (Å²) in [6, 6.07) is 53.7. The highest BCUT2D eigenvalue weighted by atomic mass is 32.1. The van der Waals surface area contributed by atoms with Crippen LogP contribution < -0.4 is 0 Å². The second kappa shape index (κ2) is 15.9. The van der Waals surface area contributed by atoms with Crippen molar-refractivity contribution in [1.29, 1.82) is 0 Å². The van der Waals surface area contributed by atoms with Gasteiger partial charge in [0.1, 0.15) is 11.2 Å². The third-order valence-electron chi connectivity index (χ3n) is 12.5. The van der Waals surface area contributed by atoms with Crippen LogP contribution in [0.2, 0.25) is 0 Å². The summed E-state index contributed by atoms with van der Waals surface area (Å²) in [6.45, 7) is 6.23. The van der Waals surface area contributed by atoms with Crippen LogP contribution in [0.1, 0.15) is 35.4 Å². The van der Waals surface area contributed by atoms with Gasteiger partial charge >= 0.3 is 0 Å². The van der Waals surface area contributed by atoms with Crippen molar-refractivity contribution in [3.05, 3.63) is 229 Å². The summed E-state index contributed by atoms with van der Waals surface area (Å²) in [5.41, 5.74) is 13.6. The highest BCUT2D eigenvalue weighted by Crippen LogP contribution is 2.45. The maximum absolute atomic E-state index is 6.57. The van der Waals surface area contributed by atoms with E-state index in [1.165, 1.54) is 42.2 Å². The van der Waals surface area contributed by atoms with E-state index >= 15 is 0 Å². The molecule has 65 heavy (non-hydrogen) atoms. The van der Waals surface area contributed by atoms with Gasteiger partial charge in [0.05, 0.1) is 11.8 Å². The van der Waals surface area contributed by atoms with Gasteiger partial charge in [-0.05, 0) is 71.1 Å². The molecule has 2 atom stereocenters. The van der Waals surface area contributed by atoms with Crippen molar-refractivity contribution in [3.8, 4) is 45.0 Å². The van der Waals surface area contributed by atoms with Crippen LogP contribution in [-0.4, -0.2) is 26.7 Å². The van der Waals surface area contributed by atoms with Gasteiger partial charge < -0.3 is 4.42 Å². The van der Waals surface area contributed by atoms with Crippen LogP contribution in [0, 0.1) is 0 Å². The van der Waals surface area contributed by atoms with Crippen molar-refractivity contribution in [2.45, 2.75) is 18.9 Å². The van der Waals surface area contributed by atoms with Gasteiger partial charge in [-0.15, -0.1) is 11.3 Å². The summed E-state index contributed by atoms with van der Waals surface area (Å²) in [4.78, 5) is 19.9. The van der Waals surface area contributed by atoms with Crippen molar-refractivity contribution in [1.82, 2.24) is 15.0 Å². The highest BCUT2D eigenvalue weighted by molar-refractivity contribution is 7.25. The number of rotatable bonds is 8. The number of furan rings is 1. The Bertz CT molecular complexity index is 3680. The minimum absolute atomic E-state index is 0.0305. The molecule has 308 valence electrons. The van der Waals surface area contributed by atoms with E-state index < -0.39 is 0 Å². The van der Waals surface area contributed by atoms with Gasteiger partial charge in [0.15, 0.2) is 17.5 Å². The first-order valence-electron chi connectivity index (χ1n) is 21.9. The zero-order valence-corrected chi connectivity index (χ0v) is 36.3. The predicted molar refractivity (Wildman–Crippen MR) is 272 cm³/mol. The van der Waals surface area contributed by atoms with Crippen molar-refractivity contribution < 1.29 is 4.42 Å². The molecule has 0 saturated heterocycles. The number of aliphatic imine (C=N–C) groups is 1. The van der Waals surface area contributed by atoms with Gasteiger partial charge in [0.25, 0.3) is 0 Å². The zero-order chi connectivity index (χ0) is 43.4. The number of nitrogens with zero attached hydrogens (tertiary/aromatic N) is 4. The Labute approximate surface area is 380 Å². The van der Waals surface area contributed by atoms with E-state index in [2.05, 4.69) is 152 Å². The van der Waals surface area contributed by atoms with E-state index in [1.54, 1.807) is 0 Å². The van der Waals surface area contributed by atoms with E-state index in [1.807, 2.05) is 72.9 Å². The van der Waals surface area contributed by atoms with Crippen molar-refractivity contribution in [2.75, 3.05) is 0 Å².